The van der Waals surface area contributed by atoms with E-state index in [1.54, 1.807) is 6.33 Å². The van der Waals surface area contributed by atoms with Crippen LogP contribution >= 0.6 is 0 Å². The summed E-state index contributed by atoms with van der Waals surface area (Å²) in [7, 11) is 1.97. The van der Waals surface area contributed by atoms with Crippen molar-refractivity contribution in [2.24, 2.45) is 13.0 Å². The summed E-state index contributed by atoms with van der Waals surface area (Å²) in [5.41, 5.74) is 1.48. The highest BCUT2D eigenvalue weighted by Gasteiger charge is 2.43. The third-order valence-corrected chi connectivity index (χ3v) is 4.45. The van der Waals surface area contributed by atoms with Gasteiger partial charge in [-0.3, -0.25) is 4.68 Å². The van der Waals surface area contributed by atoms with Crippen molar-refractivity contribution < 1.29 is 0 Å². The largest absolute Gasteiger partial charge is 0.313 e. The molecule has 0 spiro atoms. The number of nitrogens with one attached hydrogen (secondary N) is 1. The Hall–Kier alpha value is -1.68. The lowest BCUT2D eigenvalue weighted by Crippen LogP contribution is -2.35. The highest BCUT2D eigenvalue weighted by atomic mass is 15.3. The molecule has 0 radical (unpaired) electrons. The SMILES string of the molecule is CCCNC(Cc1ncnn1C)C1CC1c1ccccc1. The van der Waals surface area contributed by atoms with Crippen molar-refractivity contribution in [2.45, 2.75) is 38.1 Å². The zero-order valence-corrected chi connectivity index (χ0v) is 12.9. The number of hydrogen-bond acceptors (Lipinski definition) is 3. The minimum Gasteiger partial charge on any atom is -0.313 e. The van der Waals surface area contributed by atoms with Crippen LogP contribution in [0.25, 0.3) is 0 Å². The Bertz CT molecular complexity index is 563. The Labute approximate surface area is 126 Å². The fraction of sp³-hybridized carbons (Fsp3) is 0.529. The van der Waals surface area contributed by atoms with Crippen LogP contribution in [0.2, 0.25) is 0 Å². The Balaban J connectivity index is 1.68. The maximum atomic E-state index is 4.38. The molecule has 0 saturated heterocycles. The maximum Gasteiger partial charge on any atom is 0.138 e. The van der Waals surface area contributed by atoms with Gasteiger partial charge in [0.05, 0.1) is 0 Å². The zero-order chi connectivity index (χ0) is 14.7. The highest BCUT2D eigenvalue weighted by molar-refractivity contribution is 5.27. The summed E-state index contributed by atoms with van der Waals surface area (Å²) in [5.74, 6) is 2.49. The lowest BCUT2D eigenvalue weighted by atomic mass is 10.0. The first-order chi connectivity index (χ1) is 10.3. The van der Waals surface area contributed by atoms with Crippen LogP contribution in [0.15, 0.2) is 36.7 Å². The summed E-state index contributed by atoms with van der Waals surface area (Å²) in [5, 5.41) is 7.90. The van der Waals surface area contributed by atoms with Crippen molar-refractivity contribution in [3.05, 3.63) is 48.0 Å². The van der Waals surface area contributed by atoms with Crippen LogP contribution in [0, 0.1) is 5.92 Å². The molecule has 1 fully saturated rings. The summed E-state index contributed by atoms with van der Waals surface area (Å²) >= 11 is 0. The monoisotopic (exact) mass is 284 g/mol. The zero-order valence-electron chi connectivity index (χ0n) is 12.9. The summed E-state index contributed by atoms with van der Waals surface area (Å²) in [6.45, 7) is 3.29. The summed E-state index contributed by atoms with van der Waals surface area (Å²) in [6, 6.07) is 11.4. The van der Waals surface area contributed by atoms with Crippen LogP contribution in [0.5, 0.6) is 0 Å². The predicted octanol–water partition coefficient (Wildman–Crippen LogP) is 2.53. The van der Waals surface area contributed by atoms with Gasteiger partial charge in [-0.05, 0) is 36.8 Å². The third kappa shape index (κ3) is 3.32. The van der Waals surface area contributed by atoms with E-state index in [9.17, 15) is 0 Å². The van der Waals surface area contributed by atoms with Crippen LogP contribution in [-0.4, -0.2) is 27.4 Å². The molecule has 1 aliphatic carbocycles. The highest BCUT2D eigenvalue weighted by Crippen LogP contribution is 2.49. The molecule has 1 aromatic heterocycles. The topological polar surface area (TPSA) is 42.7 Å². The van der Waals surface area contributed by atoms with E-state index in [1.807, 2.05) is 11.7 Å². The minimum atomic E-state index is 0.498. The van der Waals surface area contributed by atoms with Crippen molar-refractivity contribution in [3.63, 3.8) is 0 Å². The van der Waals surface area contributed by atoms with Gasteiger partial charge in [-0.1, -0.05) is 37.3 Å². The molecule has 3 unspecified atom stereocenters. The average Bonchev–Trinajstić information content (AvgIpc) is 3.22. The van der Waals surface area contributed by atoms with E-state index in [4.69, 9.17) is 0 Å². The van der Waals surface area contributed by atoms with Crippen LogP contribution in [0.1, 0.15) is 37.1 Å². The van der Waals surface area contributed by atoms with Crippen LogP contribution in [0.4, 0.5) is 0 Å². The van der Waals surface area contributed by atoms with E-state index in [0.717, 1.165) is 31.1 Å². The molecule has 1 heterocycles. The molecule has 3 atom stereocenters. The second-order valence-electron chi connectivity index (χ2n) is 5.98. The first-order valence-corrected chi connectivity index (χ1v) is 7.90. The number of rotatable bonds is 7. The van der Waals surface area contributed by atoms with Gasteiger partial charge in [-0.2, -0.15) is 5.10 Å². The van der Waals surface area contributed by atoms with E-state index in [0.29, 0.717) is 12.0 Å². The smallest absolute Gasteiger partial charge is 0.138 e. The fourth-order valence-corrected chi connectivity index (χ4v) is 3.15. The summed E-state index contributed by atoms with van der Waals surface area (Å²) in [6.07, 6.45) is 5.06. The van der Waals surface area contributed by atoms with Gasteiger partial charge in [0, 0.05) is 19.5 Å². The van der Waals surface area contributed by atoms with Crippen LogP contribution in [0.3, 0.4) is 0 Å². The van der Waals surface area contributed by atoms with E-state index >= 15 is 0 Å². The summed E-state index contributed by atoms with van der Waals surface area (Å²) in [4.78, 5) is 4.38. The number of aryl methyl sites for hydroxylation is 1. The molecule has 1 saturated carbocycles. The van der Waals surface area contributed by atoms with Crippen molar-refractivity contribution >= 4 is 0 Å². The molecule has 21 heavy (non-hydrogen) atoms. The van der Waals surface area contributed by atoms with Gasteiger partial charge < -0.3 is 5.32 Å². The van der Waals surface area contributed by atoms with Gasteiger partial charge in [0.25, 0.3) is 0 Å². The van der Waals surface area contributed by atoms with E-state index in [1.165, 1.54) is 12.0 Å². The molecule has 112 valence electrons. The van der Waals surface area contributed by atoms with E-state index in [2.05, 4.69) is 52.7 Å². The van der Waals surface area contributed by atoms with Gasteiger partial charge in [0.2, 0.25) is 0 Å². The average molecular weight is 284 g/mol. The standard InChI is InChI=1S/C17H24N4/c1-3-9-18-16(11-17-19-12-20-21(17)2)15-10-14(15)13-7-5-4-6-8-13/h4-8,12,14-16,18H,3,9-11H2,1-2H3. The number of nitrogens with zero attached hydrogens (tertiary/aromatic N) is 3. The molecule has 1 N–H and O–H groups in total. The van der Waals surface area contributed by atoms with Gasteiger partial charge in [0.1, 0.15) is 12.2 Å². The Morgan fingerprint density at radius 1 is 1.33 bits per heavy atom. The third-order valence-electron chi connectivity index (χ3n) is 4.45. The fourth-order valence-electron chi connectivity index (χ4n) is 3.15. The molecule has 0 amide bonds. The first-order valence-electron chi connectivity index (χ1n) is 7.90. The molecular formula is C17H24N4. The Kier molecular flexibility index (Phi) is 4.34. The summed E-state index contributed by atoms with van der Waals surface area (Å²) < 4.78 is 1.89. The van der Waals surface area contributed by atoms with Crippen molar-refractivity contribution in [1.29, 1.82) is 0 Å². The molecule has 0 aliphatic heterocycles. The molecule has 0 bridgehead atoms. The number of benzene rings is 1. The van der Waals surface area contributed by atoms with Gasteiger partial charge in [0.15, 0.2) is 0 Å². The predicted molar refractivity (Wildman–Crippen MR) is 84.1 cm³/mol. The Morgan fingerprint density at radius 2 is 2.14 bits per heavy atom. The molecule has 4 heteroatoms. The van der Waals surface area contributed by atoms with Gasteiger partial charge >= 0.3 is 0 Å². The normalized spacial score (nSPS) is 22.2. The molecular weight excluding hydrogens is 260 g/mol. The Morgan fingerprint density at radius 3 is 2.81 bits per heavy atom. The quantitative estimate of drug-likeness (QED) is 0.849. The van der Waals surface area contributed by atoms with Gasteiger partial charge in [-0.15, -0.1) is 0 Å². The maximum absolute atomic E-state index is 4.38. The number of hydrogen-bond donors (Lipinski definition) is 1. The van der Waals surface area contributed by atoms with Crippen LogP contribution in [-0.2, 0) is 13.5 Å². The lowest BCUT2D eigenvalue weighted by Gasteiger charge is -2.18. The van der Waals surface area contributed by atoms with Crippen LogP contribution < -0.4 is 5.32 Å². The molecule has 4 nitrogen and oxygen atoms in total. The lowest BCUT2D eigenvalue weighted by molar-refractivity contribution is 0.438. The molecule has 1 aromatic carbocycles. The van der Waals surface area contributed by atoms with E-state index in [-0.39, 0.29) is 0 Å². The van der Waals surface area contributed by atoms with Crippen molar-refractivity contribution in [3.8, 4) is 0 Å². The second-order valence-corrected chi connectivity index (χ2v) is 5.98. The van der Waals surface area contributed by atoms with Crippen molar-refractivity contribution in [2.75, 3.05) is 6.54 Å². The number of aromatic nitrogens is 3. The first kappa shape index (κ1) is 14.3. The molecule has 3 rings (SSSR count). The van der Waals surface area contributed by atoms with E-state index < -0.39 is 0 Å². The van der Waals surface area contributed by atoms with Gasteiger partial charge in [-0.25, -0.2) is 4.98 Å². The second kappa shape index (κ2) is 6.39. The minimum absolute atomic E-state index is 0.498. The molecule has 1 aliphatic rings. The molecule has 2 aromatic rings. The van der Waals surface area contributed by atoms with Crippen molar-refractivity contribution in [1.82, 2.24) is 20.1 Å².